The number of hydrogen-bond acceptors (Lipinski definition) is 4. The molecule has 0 aromatic heterocycles. The molecular weight excluding hydrogens is 256 g/mol. The van der Waals surface area contributed by atoms with Crippen LogP contribution >= 0.6 is 12.4 Å². The van der Waals surface area contributed by atoms with E-state index in [1.54, 1.807) is 0 Å². The van der Waals surface area contributed by atoms with Crippen molar-refractivity contribution >= 4 is 18.1 Å². The largest absolute Gasteiger partial charge is 0.508 e. The van der Waals surface area contributed by atoms with Crippen LogP contribution in [0.15, 0.2) is 18.2 Å². The molecule has 1 saturated carbocycles. The number of aromatic hydroxyl groups is 1. The Morgan fingerprint density at radius 1 is 1.39 bits per heavy atom. The van der Waals surface area contributed by atoms with Crippen molar-refractivity contribution in [1.82, 2.24) is 0 Å². The highest BCUT2D eigenvalue weighted by molar-refractivity contribution is 5.85. The van der Waals surface area contributed by atoms with Crippen LogP contribution in [0.3, 0.4) is 0 Å². The Hall–Kier alpha value is -1.33. The molecule has 0 amide bonds. The van der Waals surface area contributed by atoms with E-state index >= 15 is 0 Å². The maximum Gasteiger partial charge on any atom is 0.270 e. The molecule has 0 spiro atoms. The highest BCUT2D eigenvalue weighted by Crippen LogP contribution is 2.38. The maximum absolute atomic E-state index is 10.7. The third-order valence-electron chi connectivity index (χ3n) is 3.49. The van der Waals surface area contributed by atoms with E-state index < -0.39 is 4.92 Å². The molecule has 1 fully saturated rings. The predicted molar refractivity (Wildman–Crippen MR) is 70.9 cm³/mol. The molecule has 0 heterocycles. The van der Waals surface area contributed by atoms with Crippen LogP contribution in [0, 0.1) is 16.0 Å². The van der Waals surface area contributed by atoms with E-state index in [-0.39, 0.29) is 29.9 Å². The maximum atomic E-state index is 10.7. The number of benzene rings is 1. The van der Waals surface area contributed by atoms with Crippen molar-refractivity contribution in [2.24, 2.45) is 11.7 Å². The van der Waals surface area contributed by atoms with E-state index in [0.29, 0.717) is 11.5 Å². The van der Waals surface area contributed by atoms with Crippen LogP contribution < -0.4 is 5.73 Å². The zero-order valence-corrected chi connectivity index (χ0v) is 10.7. The normalized spacial score (nSPS) is 17.2. The first-order valence-electron chi connectivity index (χ1n) is 5.82. The Bertz CT molecular complexity index is 433. The molecule has 0 bridgehead atoms. The smallest absolute Gasteiger partial charge is 0.270 e. The molecule has 5 nitrogen and oxygen atoms in total. The van der Waals surface area contributed by atoms with Crippen LogP contribution in [0.25, 0.3) is 0 Å². The zero-order valence-electron chi connectivity index (χ0n) is 9.91. The summed E-state index contributed by atoms with van der Waals surface area (Å²) in [6.07, 6.45) is 4.36. The SMILES string of the molecule is Cl.N[C@H](c1cc([N+](=O)[O-])ccc1O)C1CCCC1. The first kappa shape index (κ1) is 14.7. The lowest BCUT2D eigenvalue weighted by Gasteiger charge is -2.19. The summed E-state index contributed by atoms with van der Waals surface area (Å²) >= 11 is 0. The average Bonchev–Trinajstić information content (AvgIpc) is 2.81. The van der Waals surface area contributed by atoms with Gasteiger partial charge in [-0.1, -0.05) is 12.8 Å². The van der Waals surface area contributed by atoms with Gasteiger partial charge in [0.15, 0.2) is 0 Å². The standard InChI is InChI=1S/C12H16N2O3.ClH/c13-12(8-3-1-2-4-8)10-7-9(14(16)17)5-6-11(10)15;/h5-8,12,15H,1-4,13H2;1H/t12-;/m0./s1. The summed E-state index contributed by atoms with van der Waals surface area (Å²) in [5.74, 6) is 0.373. The molecular formula is C12H17ClN2O3. The Kier molecular flexibility index (Phi) is 4.93. The first-order chi connectivity index (χ1) is 8.09. The fraction of sp³-hybridized carbons (Fsp3) is 0.500. The van der Waals surface area contributed by atoms with E-state index in [2.05, 4.69) is 0 Å². The van der Waals surface area contributed by atoms with Gasteiger partial charge >= 0.3 is 0 Å². The number of nitrogens with two attached hydrogens (primary N) is 1. The van der Waals surface area contributed by atoms with Crippen LogP contribution in [0.1, 0.15) is 37.3 Å². The highest BCUT2D eigenvalue weighted by atomic mass is 35.5. The van der Waals surface area contributed by atoms with E-state index in [9.17, 15) is 15.2 Å². The minimum absolute atomic E-state index is 0. The van der Waals surface area contributed by atoms with Crippen LogP contribution in [-0.4, -0.2) is 10.0 Å². The average molecular weight is 273 g/mol. The molecule has 1 aromatic rings. The van der Waals surface area contributed by atoms with Gasteiger partial charge in [0.1, 0.15) is 5.75 Å². The second-order valence-corrected chi connectivity index (χ2v) is 4.57. The summed E-state index contributed by atoms with van der Waals surface area (Å²) in [6.45, 7) is 0. The van der Waals surface area contributed by atoms with Crippen molar-refractivity contribution in [3.63, 3.8) is 0 Å². The van der Waals surface area contributed by atoms with Crippen LogP contribution in [0.2, 0.25) is 0 Å². The molecule has 0 unspecified atom stereocenters. The highest BCUT2D eigenvalue weighted by Gasteiger charge is 2.26. The minimum atomic E-state index is -0.468. The zero-order chi connectivity index (χ0) is 12.4. The molecule has 1 aliphatic rings. The van der Waals surface area contributed by atoms with Crippen LogP contribution in [0.5, 0.6) is 5.75 Å². The van der Waals surface area contributed by atoms with E-state index in [1.165, 1.54) is 18.2 Å². The van der Waals surface area contributed by atoms with E-state index in [1.807, 2.05) is 0 Å². The molecule has 0 saturated heterocycles. The molecule has 0 aliphatic heterocycles. The summed E-state index contributed by atoms with van der Waals surface area (Å²) < 4.78 is 0. The van der Waals surface area contributed by atoms with Gasteiger partial charge < -0.3 is 10.8 Å². The second kappa shape index (κ2) is 6.02. The minimum Gasteiger partial charge on any atom is -0.508 e. The van der Waals surface area contributed by atoms with Gasteiger partial charge in [-0.3, -0.25) is 10.1 Å². The summed E-state index contributed by atoms with van der Waals surface area (Å²) in [4.78, 5) is 10.2. The molecule has 1 atom stereocenters. The Morgan fingerprint density at radius 2 is 2.00 bits per heavy atom. The molecule has 0 radical (unpaired) electrons. The van der Waals surface area contributed by atoms with Gasteiger partial charge in [-0.05, 0) is 24.8 Å². The third kappa shape index (κ3) is 2.91. The lowest BCUT2D eigenvalue weighted by atomic mass is 9.91. The van der Waals surface area contributed by atoms with Gasteiger partial charge in [-0.15, -0.1) is 12.4 Å². The Balaban J connectivity index is 0.00000162. The Labute approximate surface area is 112 Å². The fourth-order valence-corrected chi connectivity index (χ4v) is 2.49. The van der Waals surface area contributed by atoms with Gasteiger partial charge in [-0.25, -0.2) is 0 Å². The van der Waals surface area contributed by atoms with E-state index in [0.717, 1.165) is 25.7 Å². The van der Waals surface area contributed by atoms with Crippen molar-refractivity contribution in [3.05, 3.63) is 33.9 Å². The quantitative estimate of drug-likeness (QED) is 0.654. The predicted octanol–water partition coefficient (Wildman–Crippen LogP) is 2.91. The molecule has 100 valence electrons. The molecule has 1 aromatic carbocycles. The van der Waals surface area contributed by atoms with Gasteiger partial charge in [0.25, 0.3) is 5.69 Å². The lowest BCUT2D eigenvalue weighted by Crippen LogP contribution is -2.19. The first-order valence-corrected chi connectivity index (χ1v) is 5.82. The number of phenols is 1. The van der Waals surface area contributed by atoms with Gasteiger partial charge in [0.2, 0.25) is 0 Å². The third-order valence-corrected chi connectivity index (χ3v) is 3.49. The summed E-state index contributed by atoms with van der Waals surface area (Å²) in [6, 6.07) is 3.72. The van der Waals surface area contributed by atoms with Gasteiger partial charge in [0, 0.05) is 23.7 Å². The number of halogens is 1. The number of nitro benzene ring substituents is 1. The molecule has 6 heteroatoms. The summed E-state index contributed by atoms with van der Waals surface area (Å²) in [7, 11) is 0. The second-order valence-electron chi connectivity index (χ2n) is 4.57. The molecule has 3 N–H and O–H groups in total. The van der Waals surface area contributed by atoms with Crippen molar-refractivity contribution in [2.75, 3.05) is 0 Å². The molecule has 1 aliphatic carbocycles. The van der Waals surface area contributed by atoms with Crippen molar-refractivity contribution in [3.8, 4) is 5.75 Å². The molecule has 18 heavy (non-hydrogen) atoms. The van der Waals surface area contributed by atoms with Crippen LogP contribution in [0.4, 0.5) is 5.69 Å². The molecule has 2 rings (SSSR count). The number of rotatable bonds is 3. The van der Waals surface area contributed by atoms with Crippen molar-refractivity contribution in [1.29, 1.82) is 0 Å². The topological polar surface area (TPSA) is 89.4 Å². The number of nitro groups is 1. The van der Waals surface area contributed by atoms with Crippen LogP contribution in [-0.2, 0) is 0 Å². The Morgan fingerprint density at radius 3 is 2.56 bits per heavy atom. The number of nitrogens with zero attached hydrogens (tertiary/aromatic N) is 1. The number of non-ortho nitro benzene ring substituents is 1. The summed E-state index contributed by atoms with van der Waals surface area (Å²) in [5, 5.41) is 20.4. The van der Waals surface area contributed by atoms with Crippen molar-refractivity contribution < 1.29 is 10.0 Å². The van der Waals surface area contributed by atoms with Gasteiger partial charge in [-0.2, -0.15) is 0 Å². The van der Waals surface area contributed by atoms with E-state index in [4.69, 9.17) is 5.73 Å². The monoisotopic (exact) mass is 272 g/mol. The van der Waals surface area contributed by atoms with Gasteiger partial charge in [0.05, 0.1) is 4.92 Å². The fourth-order valence-electron chi connectivity index (χ4n) is 2.49. The number of phenolic OH excluding ortho intramolecular Hbond substituents is 1. The number of hydrogen-bond donors (Lipinski definition) is 2. The van der Waals surface area contributed by atoms with Crippen molar-refractivity contribution in [2.45, 2.75) is 31.7 Å². The summed E-state index contributed by atoms with van der Waals surface area (Å²) in [5.41, 5.74) is 6.56. The lowest BCUT2D eigenvalue weighted by molar-refractivity contribution is -0.385.